The van der Waals surface area contributed by atoms with Crippen LogP contribution in [0.5, 0.6) is 0 Å². The molecule has 0 amide bonds. The molecule has 0 aliphatic carbocycles. The molecule has 16 heavy (non-hydrogen) atoms. The lowest BCUT2D eigenvalue weighted by Crippen LogP contribution is -2.06. The summed E-state index contributed by atoms with van der Waals surface area (Å²) in [5.74, 6) is -0.773. The zero-order valence-electron chi connectivity index (χ0n) is 9.23. The number of hydrogen-bond acceptors (Lipinski definition) is 5. The topological polar surface area (TPSA) is 65.5 Å². The average Bonchev–Trinajstić information content (AvgIpc) is 2.27. The van der Waals surface area contributed by atoms with Crippen molar-refractivity contribution in [2.24, 2.45) is 0 Å². The summed E-state index contributed by atoms with van der Waals surface area (Å²) in [7, 11) is 0. The van der Waals surface area contributed by atoms with E-state index in [2.05, 4.69) is 4.98 Å². The number of carbonyl (C=O) groups excluding carboxylic acids is 2. The first-order valence-electron chi connectivity index (χ1n) is 4.89. The normalized spacial score (nSPS) is 9.62. The molecule has 0 fully saturated rings. The molecule has 0 aliphatic heterocycles. The van der Waals surface area contributed by atoms with Gasteiger partial charge in [0.1, 0.15) is 6.61 Å². The van der Waals surface area contributed by atoms with Crippen LogP contribution in [0.2, 0.25) is 0 Å². The molecule has 1 rings (SSSR count). The summed E-state index contributed by atoms with van der Waals surface area (Å²) < 4.78 is 9.56. The van der Waals surface area contributed by atoms with Crippen LogP contribution in [0.25, 0.3) is 0 Å². The fraction of sp³-hybridized carbons (Fsp3) is 0.364. The highest BCUT2D eigenvalue weighted by molar-refractivity contribution is 5.88. The smallest absolute Gasteiger partial charge is 0.339 e. The van der Waals surface area contributed by atoms with Gasteiger partial charge in [0.2, 0.25) is 0 Å². The van der Waals surface area contributed by atoms with E-state index in [9.17, 15) is 9.59 Å². The fourth-order valence-electron chi connectivity index (χ4n) is 1.02. The molecule has 0 atom stereocenters. The summed E-state index contributed by atoms with van der Waals surface area (Å²) >= 11 is 0. The number of hydrogen-bond donors (Lipinski definition) is 0. The third kappa shape index (κ3) is 3.68. The molecule has 0 N–H and O–H groups in total. The van der Waals surface area contributed by atoms with E-state index in [4.69, 9.17) is 9.47 Å². The van der Waals surface area contributed by atoms with E-state index in [1.807, 2.05) is 0 Å². The summed E-state index contributed by atoms with van der Waals surface area (Å²) in [5.41, 5.74) is 0.969. The lowest BCUT2D eigenvalue weighted by Gasteiger charge is -2.03. The second-order valence-corrected chi connectivity index (χ2v) is 3.04. The molecule has 86 valence electrons. The minimum absolute atomic E-state index is 0.110. The van der Waals surface area contributed by atoms with Crippen molar-refractivity contribution in [1.82, 2.24) is 4.98 Å². The van der Waals surface area contributed by atoms with Crippen molar-refractivity contribution in [1.29, 1.82) is 0 Å². The molecule has 0 bridgehead atoms. The van der Waals surface area contributed by atoms with Gasteiger partial charge in [-0.15, -0.1) is 0 Å². The number of nitrogens with zero attached hydrogens (tertiary/aromatic N) is 1. The van der Waals surface area contributed by atoms with Crippen molar-refractivity contribution in [2.75, 3.05) is 6.61 Å². The molecule has 5 heteroatoms. The lowest BCUT2D eigenvalue weighted by atomic mass is 10.2. The van der Waals surface area contributed by atoms with Crippen molar-refractivity contribution in [2.45, 2.75) is 20.5 Å². The Kier molecular flexibility index (Phi) is 4.44. The number of ether oxygens (including phenoxy) is 2. The van der Waals surface area contributed by atoms with Crippen LogP contribution in [0.15, 0.2) is 18.3 Å². The van der Waals surface area contributed by atoms with Gasteiger partial charge in [0.15, 0.2) is 0 Å². The number of pyridine rings is 1. The zero-order valence-corrected chi connectivity index (χ0v) is 9.23. The van der Waals surface area contributed by atoms with Crippen LogP contribution in [0.4, 0.5) is 0 Å². The zero-order chi connectivity index (χ0) is 12.0. The van der Waals surface area contributed by atoms with E-state index in [0.29, 0.717) is 17.9 Å². The van der Waals surface area contributed by atoms with Crippen LogP contribution < -0.4 is 0 Å². The second kappa shape index (κ2) is 5.85. The first-order chi connectivity index (χ1) is 7.63. The Morgan fingerprint density at radius 1 is 1.31 bits per heavy atom. The Labute approximate surface area is 93.4 Å². The molecule has 1 heterocycles. The lowest BCUT2D eigenvalue weighted by molar-refractivity contribution is -0.142. The molecule has 5 nitrogen and oxygen atoms in total. The third-order valence-corrected chi connectivity index (χ3v) is 1.76. The van der Waals surface area contributed by atoms with Crippen molar-refractivity contribution >= 4 is 11.9 Å². The summed E-state index contributed by atoms with van der Waals surface area (Å²) in [6.07, 6.45) is 1.40. The van der Waals surface area contributed by atoms with Gasteiger partial charge in [-0.25, -0.2) is 4.79 Å². The molecule has 0 radical (unpaired) electrons. The van der Waals surface area contributed by atoms with E-state index in [-0.39, 0.29) is 12.6 Å². The molecular formula is C11H13NO4. The van der Waals surface area contributed by atoms with Crippen LogP contribution in [-0.4, -0.2) is 23.5 Å². The number of carbonyl (C=O) groups is 2. The van der Waals surface area contributed by atoms with Gasteiger partial charge in [0, 0.05) is 13.1 Å². The van der Waals surface area contributed by atoms with E-state index in [0.717, 1.165) is 0 Å². The van der Waals surface area contributed by atoms with Crippen molar-refractivity contribution in [3.8, 4) is 0 Å². The van der Waals surface area contributed by atoms with Crippen molar-refractivity contribution in [3.63, 3.8) is 0 Å². The number of aromatic nitrogens is 1. The maximum Gasteiger partial charge on any atom is 0.339 e. The predicted octanol–water partition coefficient (Wildman–Crippen LogP) is 1.32. The molecule has 0 saturated carbocycles. The van der Waals surface area contributed by atoms with E-state index in [1.165, 1.54) is 13.1 Å². The highest BCUT2D eigenvalue weighted by Gasteiger charge is 2.06. The summed E-state index contributed by atoms with van der Waals surface area (Å²) in [6, 6.07) is 3.21. The molecular weight excluding hydrogens is 210 g/mol. The SMILES string of the molecule is CCOC(=O)c1ccc(COC(C)=O)nc1. The highest BCUT2D eigenvalue weighted by atomic mass is 16.5. The Balaban J connectivity index is 2.60. The third-order valence-electron chi connectivity index (χ3n) is 1.76. The van der Waals surface area contributed by atoms with Gasteiger partial charge in [-0.05, 0) is 19.1 Å². The van der Waals surface area contributed by atoms with E-state index < -0.39 is 5.97 Å². The van der Waals surface area contributed by atoms with E-state index in [1.54, 1.807) is 19.1 Å². The van der Waals surface area contributed by atoms with Gasteiger partial charge in [0.05, 0.1) is 17.9 Å². The van der Waals surface area contributed by atoms with Crippen LogP contribution in [0.1, 0.15) is 29.9 Å². The highest BCUT2D eigenvalue weighted by Crippen LogP contribution is 2.03. The minimum atomic E-state index is -0.408. The first-order valence-corrected chi connectivity index (χ1v) is 4.89. The minimum Gasteiger partial charge on any atom is -0.462 e. The van der Waals surface area contributed by atoms with Gasteiger partial charge in [-0.3, -0.25) is 9.78 Å². The van der Waals surface area contributed by atoms with Crippen LogP contribution >= 0.6 is 0 Å². The maximum atomic E-state index is 11.3. The summed E-state index contributed by atoms with van der Waals surface area (Å²) in [5, 5.41) is 0. The molecule has 1 aromatic heterocycles. The van der Waals surface area contributed by atoms with Crippen LogP contribution in [-0.2, 0) is 20.9 Å². The fourth-order valence-corrected chi connectivity index (χ4v) is 1.02. The van der Waals surface area contributed by atoms with Gasteiger partial charge < -0.3 is 9.47 Å². The quantitative estimate of drug-likeness (QED) is 0.720. The Hall–Kier alpha value is -1.91. The molecule has 0 saturated heterocycles. The Morgan fingerprint density at radius 3 is 2.56 bits per heavy atom. The first kappa shape index (κ1) is 12.2. The largest absolute Gasteiger partial charge is 0.462 e. The van der Waals surface area contributed by atoms with Gasteiger partial charge >= 0.3 is 11.9 Å². The molecule has 0 aliphatic rings. The van der Waals surface area contributed by atoms with Gasteiger partial charge in [-0.2, -0.15) is 0 Å². The maximum absolute atomic E-state index is 11.3. The predicted molar refractivity (Wildman–Crippen MR) is 55.7 cm³/mol. The summed E-state index contributed by atoms with van der Waals surface area (Å²) in [4.78, 5) is 25.8. The van der Waals surface area contributed by atoms with Crippen LogP contribution in [0.3, 0.4) is 0 Å². The Bertz CT molecular complexity index is 372. The molecule has 0 spiro atoms. The van der Waals surface area contributed by atoms with Crippen LogP contribution in [0, 0.1) is 0 Å². The molecule has 0 unspecified atom stereocenters. The Morgan fingerprint density at radius 2 is 2.06 bits per heavy atom. The van der Waals surface area contributed by atoms with Gasteiger partial charge in [0.25, 0.3) is 0 Å². The summed E-state index contributed by atoms with van der Waals surface area (Å²) in [6.45, 7) is 3.50. The number of esters is 2. The second-order valence-electron chi connectivity index (χ2n) is 3.04. The number of rotatable bonds is 4. The standard InChI is InChI=1S/C11H13NO4/c1-3-15-11(14)9-4-5-10(12-6-9)7-16-8(2)13/h4-6H,3,7H2,1-2H3. The van der Waals surface area contributed by atoms with Gasteiger partial charge in [-0.1, -0.05) is 0 Å². The molecule has 1 aromatic rings. The van der Waals surface area contributed by atoms with Crippen molar-refractivity contribution in [3.05, 3.63) is 29.6 Å². The average molecular weight is 223 g/mol. The molecule has 0 aromatic carbocycles. The van der Waals surface area contributed by atoms with Crippen molar-refractivity contribution < 1.29 is 19.1 Å². The monoisotopic (exact) mass is 223 g/mol. The van der Waals surface area contributed by atoms with E-state index >= 15 is 0 Å².